The molecule has 0 atom stereocenters. The van der Waals surface area contributed by atoms with Crippen molar-refractivity contribution >= 4 is 17.3 Å². The number of hydrogen-bond acceptors (Lipinski definition) is 3. The molecule has 1 N–H and O–H groups in total. The minimum Gasteiger partial charge on any atom is -0.489 e. The van der Waals surface area contributed by atoms with Crippen molar-refractivity contribution in [2.45, 2.75) is 13.2 Å². The molecule has 0 fully saturated rings. The predicted molar refractivity (Wildman–Crippen MR) is 123 cm³/mol. The molecular weight excluding hydrogens is 394 g/mol. The quantitative estimate of drug-likeness (QED) is 0.327. The highest BCUT2D eigenvalue weighted by atomic mass is 35.5. The third-order valence-electron chi connectivity index (χ3n) is 4.52. The molecule has 4 aromatic carbocycles. The Morgan fingerprint density at radius 2 is 1.33 bits per heavy atom. The lowest BCUT2D eigenvalue weighted by molar-refractivity contribution is 0.306. The molecule has 0 aliphatic carbocycles. The maximum Gasteiger partial charge on any atom is 0.127 e. The molecular formula is C26H22ClNO2. The highest BCUT2D eigenvalue weighted by Crippen LogP contribution is 2.23. The molecule has 3 nitrogen and oxygen atoms in total. The van der Waals surface area contributed by atoms with E-state index >= 15 is 0 Å². The van der Waals surface area contributed by atoms with Crippen LogP contribution in [-0.4, -0.2) is 0 Å². The number of nitrogens with one attached hydrogen (secondary N) is 1. The van der Waals surface area contributed by atoms with Crippen molar-refractivity contribution in [1.82, 2.24) is 0 Å². The summed E-state index contributed by atoms with van der Waals surface area (Å²) in [5.41, 5.74) is 3.22. The van der Waals surface area contributed by atoms with Gasteiger partial charge in [0.2, 0.25) is 0 Å². The summed E-state index contributed by atoms with van der Waals surface area (Å²) in [6.07, 6.45) is 0. The molecule has 0 saturated heterocycles. The van der Waals surface area contributed by atoms with Crippen LogP contribution >= 0.6 is 11.6 Å². The van der Waals surface area contributed by atoms with Crippen LogP contribution in [0.4, 0.5) is 5.69 Å². The van der Waals surface area contributed by atoms with Crippen molar-refractivity contribution in [3.8, 4) is 17.2 Å². The number of halogens is 1. The summed E-state index contributed by atoms with van der Waals surface area (Å²) in [4.78, 5) is 0. The molecule has 0 bridgehead atoms. The first-order valence-corrected chi connectivity index (χ1v) is 10.2. The average molecular weight is 416 g/mol. The SMILES string of the molecule is Clc1cccc(COc2cccc(CNc3ccc(Oc4ccccc4)cc3)c2)c1. The van der Waals surface area contributed by atoms with Crippen molar-refractivity contribution in [3.05, 3.63) is 119 Å². The maximum atomic E-state index is 6.03. The Morgan fingerprint density at radius 1 is 0.633 bits per heavy atom. The minimum absolute atomic E-state index is 0.486. The van der Waals surface area contributed by atoms with E-state index in [1.165, 1.54) is 0 Å². The molecule has 4 rings (SSSR count). The summed E-state index contributed by atoms with van der Waals surface area (Å²) >= 11 is 6.03. The van der Waals surface area contributed by atoms with E-state index < -0.39 is 0 Å². The summed E-state index contributed by atoms with van der Waals surface area (Å²) in [6, 6.07) is 33.5. The van der Waals surface area contributed by atoms with Crippen LogP contribution in [0.2, 0.25) is 5.02 Å². The lowest BCUT2D eigenvalue weighted by Gasteiger charge is -2.11. The van der Waals surface area contributed by atoms with Crippen LogP contribution in [0.3, 0.4) is 0 Å². The molecule has 150 valence electrons. The molecule has 30 heavy (non-hydrogen) atoms. The second-order valence-electron chi connectivity index (χ2n) is 6.86. The van der Waals surface area contributed by atoms with Crippen LogP contribution in [0.1, 0.15) is 11.1 Å². The Hall–Kier alpha value is -3.43. The molecule has 0 aliphatic heterocycles. The zero-order chi connectivity index (χ0) is 20.6. The summed E-state index contributed by atoms with van der Waals surface area (Å²) in [7, 11) is 0. The third-order valence-corrected chi connectivity index (χ3v) is 4.76. The van der Waals surface area contributed by atoms with Crippen LogP contribution in [0.25, 0.3) is 0 Å². The highest BCUT2D eigenvalue weighted by Gasteiger charge is 2.01. The van der Waals surface area contributed by atoms with Gasteiger partial charge in [-0.2, -0.15) is 0 Å². The summed E-state index contributed by atoms with van der Waals surface area (Å²) < 4.78 is 11.7. The second kappa shape index (κ2) is 9.86. The van der Waals surface area contributed by atoms with E-state index in [1.54, 1.807) is 0 Å². The highest BCUT2D eigenvalue weighted by molar-refractivity contribution is 6.30. The number of benzene rings is 4. The summed E-state index contributed by atoms with van der Waals surface area (Å²) in [5.74, 6) is 2.47. The first-order chi connectivity index (χ1) is 14.7. The van der Waals surface area contributed by atoms with Crippen LogP contribution in [0.5, 0.6) is 17.2 Å². The molecule has 0 aromatic heterocycles. The summed E-state index contributed by atoms with van der Waals surface area (Å²) in [6.45, 7) is 1.19. The number of para-hydroxylation sites is 1. The van der Waals surface area contributed by atoms with Crippen LogP contribution in [0.15, 0.2) is 103 Å². The van der Waals surface area contributed by atoms with Gasteiger partial charge in [-0.15, -0.1) is 0 Å². The molecule has 4 heteroatoms. The molecule has 0 spiro atoms. The van der Waals surface area contributed by atoms with E-state index in [1.807, 2.05) is 97.1 Å². The Labute approximate surface area is 181 Å². The normalized spacial score (nSPS) is 10.4. The number of anilines is 1. The Balaban J connectivity index is 1.31. The van der Waals surface area contributed by atoms with Gasteiger partial charge in [-0.3, -0.25) is 0 Å². The first kappa shape index (κ1) is 19.9. The molecule has 0 heterocycles. The number of rotatable bonds is 8. The Morgan fingerprint density at radius 3 is 2.13 bits per heavy atom. The van der Waals surface area contributed by atoms with Gasteiger partial charge in [0.15, 0.2) is 0 Å². The van der Waals surface area contributed by atoms with Crippen molar-refractivity contribution < 1.29 is 9.47 Å². The first-order valence-electron chi connectivity index (χ1n) is 9.78. The molecule has 0 unspecified atom stereocenters. The van der Waals surface area contributed by atoms with Crippen molar-refractivity contribution in [2.75, 3.05) is 5.32 Å². The van der Waals surface area contributed by atoms with Gasteiger partial charge in [0.05, 0.1) is 0 Å². The second-order valence-corrected chi connectivity index (χ2v) is 7.30. The maximum absolute atomic E-state index is 6.03. The van der Waals surface area contributed by atoms with E-state index in [2.05, 4.69) is 11.4 Å². The fourth-order valence-electron chi connectivity index (χ4n) is 3.01. The predicted octanol–water partition coefficient (Wildman–Crippen LogP) is 7.32. The van der Waals surface area contributed by atoms with Crippen molar-refractivity contribution in [2.24, 2.45) is 0 Å². The topological polar surface area (TPSA) is 30.5 Å². The fourth-order valence-corrected chi connectivity index (χ4v) is 3.22. The summed E-state index contributed by atoms with van der Waals surface area (Å²) in [5, 5.41) is 4.15. The zero-order valence-electron chi connectivity index (χ0n) is 16.4. The van der Waals surface area contributed by atoms with Crippen LogP contribution in [-0.2, 0) is 13.2 Å². The molecule has 0 aliphatic rings. The lowest BCUT2D eigenvalue weighted by Crippen LogP contribution is -2.00. The Bertz CT molecular complexity index is 1080. The molecule has 4 aromatic rings. The van der Waals surface area contributed by atoms with Crippen LogP contribution < -0.4 is 14.8 Å². The van der Waals surface area contributed by atoms with Gasteiger partial charge in [0, 0.05) is 17.3 Å². The fraction of sp³-hybridized carbons (Fsp3) is 0.0769. The van der Waals surface area contributed by atoms with Gasteiger partial charge in [0.1, 0.15) is 23.9 Å². The standard InChI is InChI=1S/C26H22ClNO2/c27-22-8-4-7-21(16-22)19-29-26-11-5-6-20(17-26)18-28-23-12-14-25(15-13-23)30-24-9-2-1-3-10-24/h1-17,28H,18-19H2. The van der Waals surface area contributed by atoms with Crippen molar-refractivity contribution in [1.29, 1.82) is 0 Å². The third kappa shape index (κ3) is 5.79. The monoisotopic (exact) mass is 415 g/mol. The smallest absolute Gasteiger partial charge is 0.127 e. The zero-order valence-corrected chi connectivity index (χ0v) is 17.2. The molecule has 0 saturated carbocycles. The minimum atomic E-state index is 0.486. The van der Waals surface area contributed by atoms with E-state index in [0.29, 0.717) is 18.2 Å². The van der Waals surface area contributed by atoms with E-state index in [9.17, 15) is 0 Å². The van der Waals surface area contributed by atoms with Gasteiger partial charge in [-0.25, -0.2) is 0 Å². The average Bonchev–Trinajstić information content (AvgIpc) is 2.78. The van der Waals surface area contributed by atoms with E-state index in [-0.39, 0.29) is 0 Å². The van der Waals surface area contributed by atoms with Gasteiger partial charge in [-0.1, -0.05) is 54.1 Å². The van der Waals surface area contributed by atoms with Crippen LogP contribution in [0, 0.1) is 0 Å². The van der Waals surface area contributed by atoms with E-state index in [4.69, 9.17) is 21.1 Å². The van der Waals surface area contributed by atoms with Crippen molar-refractivity contribution in [3.63, 3.8) is 0 Å². The van der Waals surface area contributed by atoms with E-state index in [0.717, 1.165) is 34.1 Å². The van der Waals surface area contributed by atoms with Gasteiger partial charge in [0.25, 0.3) is 0 Å². The molecule has 0 radical (unpaired) electrons. The molecule has 0 amide bonds. The van der Waals surface area contributed by atoms with Gasteiger partial charge in [-0.05, 0) is 71.8 Å². The van der Waals surface area contributed by atoms with Gasteiger partial charge < -0.3 is 14.8 Å². The number of ether oxygens (including phenoxy) is 2. The number of hydrogen-bond donors (Lipinski definition) is 1. The largest absolute Gasteiger partial charge is 0.489 e. The van der Waals surface area contributed by atoms with Gasteiger partial charge >= 0.3 is 0 Å². The lowest BCUT2D eigenvalue weighted by atomic mass is 10.2. The Kier molecular flexibility index (Phi) is 6.53.